The molecule has 20 heavy (non-hydrogen) atoms. The van der Waals surface area contributed by atoms with Crippen LogP contribution >= 0.6 is 0 Å². The number of rotatable bonds is 1. The van der Waals surface area contributed by atoms with Crippen molar-refractivity contribution in [2.24, 2.45) is 0 Å². The van der Waals surface area contributed by atoms with Crippen molar-refractivity contribution in [2.45, 2.75) is 13.0 Å². The van der Waals surface area contributed by atoms with Crippen LogP contribution in [0.2, 0.25) is 0 Å². The number of ether oxygens (including phenoxy) is 1. The number of fused-ring (bicyclic) bond motifs is 4. The van der Waals surface area contributed by atoms with Crippen LogP contribution in [-0.2, 0) is 13.0 Å². The van der Waals surface area contributed by atoms with Crippen molar-refractivity contribution in [3.63, 3.8) is 0 Å². The van der Waals surface area contributed by atoms with E-state index >= 15 is 0 Å². The van der Waals surface area contributed by atoms with Crippen molar-refractivity contribution < 1.29 is 9.30 Å². The smallest absolute Gasteiger partial charge is 0.213 e. The number of pyridine rings is 1. The Bertz CT molecular complexity index is 808. The fraction of sp³-hybridized carbons (Fsp3) is 0.167. The summed E-state index contributed by atoms with van der Waals surface area (Å²) in [4.78, 5) is 0. The number of nitrogens with zero attached hydrogens (tertiary/aromatic N) is 1. The van der Waals surface area contributed by atoms with Crippen molar-refractivity contribution in [1.82, 2.24) is 0 Å². The largest absolute Gasteiger partial charge is 0.497 e. The second-order valence-corrected chi connectivity index (χ2v) is 5.25. The molecule has 98 valence electrons. The molecule has 1 aliphatic heterocycles. The Labute approximate surface area is 118 Å². The number of methoxy groups -OCH3 is 1. The molecule has 0 unspecified atom stereocenters. The molecule has 0 amide bonds. The summed E-state index contributed by atoms with van der Waals surface area (Å²) in [7, 11) is 1.72. The van der Waals surface area contributed by atoms with Crippen molar-refractivity contribution in [3.8, 4) is 17.0 Å². The molecule has 0 aliphatic carbocycles. The van der Waals surface area contributed by atoms with Gasteiger partial charge in [-0.3, -0.25) is 0 Å². The van der Waals surface area contributed by atoms with Crippen molar-refractivity contribution >= 4 is 10.8 Å². The van der Waals surface area contributed by atoms with Gasteiger partial charge < -0.3 is 4.74 Å². The lowest BCUT2D eigenvalue weighted by Crippen LogP contribution is -2.39. The van der Waals surface area contributed by atoms with E-state index in [2.05, 4.69) is 53.2 Å². The molecule has 3 aromatic rings. The average molecular weight is 262 g/mol. The number of aromatic nitrogens is 1. The summed E-state index contributed by atoms with van der Waals surface area (Å²) in [6, 6.07) is 17.2. The Morgan fingerprint density at radius 3 is 2.70 bits per heavy atom. The zero-order chi connectivity index (χ0) is 13.5. The molecule has 0 atom stereocenters. The predicted octanol–water partition coefficient (Wildman–Crippen LogP) is 3.36. The van der Waals surface area contributed by atoms with Gasteiger partial charge in [0.15, 0.2) is 12.7 Å². The topological polar surface area (TPSA) is 13.1 Å². The molecule has 0 bridgehead atoms. The number of aryl methyl sites for hydroxylation is 2. The van der Waals surface area contributed by atoms with Crippen LogP contribution in [0.1, 0.15) is 5.56 Å². The zero-order valence-corrected chi connectivity index (χ0v) is 11.5. The van der Waals surface area contributed by atoms with Gasteiger partial charge in [-0.05, 0) is 35.2 Å². The highest BCUT2D eigenvalue weighted by Gasteiger charge is 2.23. The molecule has 0 N–H and O–H groups in total. The van der Waals surface area contributed by atoms with Crippen LogP contribution in [0.3, 0.4) is 0 Å². The Balaban J connectivity index is 1.96. The lowest BCUT2D eigenvalue weighted by atomic mass is 9.96. The van der Waals surface area contributed by atoms with E-state index in [0.29, 0.717) is 0 Å². The predicted molar refractivity (Wildman–Crippen MR) is 79.8 cm³/mol. The van der Waals surface area contributed by atoms with E-state index in [1.807, 2.05) is 6.07 Å². The molecule has 2 heterocycles. The minimum absolute atomic E-state index is 0.943. The van der Waals surface area contributed by atoms with Gasteiger partial charge in [-0.15, -0.1) is 0 Å². The van der Waals surface area contributed by atoms with Gasteiger partial charge in [0.2, 0.25) is 5.69 Å². The monoisotopic (exact) mass is 262 g/mol. The SMILES string of the molecule is COc1ccc2c(c1)CC[n+]1cc3ccccc3cc1-2. The van der Waals surface area contributed by atoms with E-state index in [9.17, 15) is 0 Å². The molecule has 2 aromatic carbocycles. The first kappa shape index (κ1) is 11.5. The van der Waals surface area contributed by atoms with Crippen LogP contribution in [0.15, 0.2) is 54.7 Å². The molecule has 2 heteroatoms. The van der Waals surface area contributed by atoms with Gasteiger partial charge in [-0.2, -0.15) is 4.57 Å². The number of hydrogen-bond acceptors (Lipinski definition) is 1. The zero-order valence-electron chi connectivity index (χ0n) is 11.5. The third kappa shape index (κ3) is 1.68. The molecule has 0 saturated carbocycles. The molecule has 1 aliphatic rings. The molecule has 0 fully saturated rings. The summed E-state index contributed by atoms with van der Waals surface area (Å²) in [5, 5.41) is 2.59. The molecule has 0 saturated heterocycles. The average Bonchev–Trinajstić information content (AvgIpc) is 2.52. The summed E-state index contributed by atoms with van der Waals surface area (Å²) >= 11 is 0. The summed E-state index contributed by atoms with van der Waals surface area (Å²) in [6.07, 6.45) is 3.32. The van der Waals surface area contributed by atoms with Gasteiger partial charge in [-0.1, -0.05) is 18.2 Å². The highest BCUT2D eigenvalue weighted by atomic mass is 16.5. The highest BCUT2D eigenvalue weighted by molar-refractivity contribution is 5.84. The minimum atomic E-state index is 0.943. The molecular weight excluding hydrogens is 246 g/mol. The normalized spacial score (nSPS) is 12.8. The van der Waals surface area contributed by atoms with Gasteiger partial charge in [0.1, 0.15) is 5.75 Å². The second-order valence-electron chi connectivity index (χ2n) is 5.25. The van der Waals surface area contributed by atoms with Gasteiger partial charge in [0, 0.05) is 23.4 Å². The number of hydrogen-bond donors (Lipinski definition) is 0. The molecule has 0 radical (unpaired) electrons. The maximum atomic E-state index is 5.33. The van der Waals surface area contributed by atoms with Crippen molar-refractivity contribution in [3.05, 3.63) is 60.3 Å². The minimum Gasteiger partial charge on any atom is -0.497 e. The van der Waals surface area contributed by atoms with E-state index in [4.69, 9.17) is 4.74 Å². The van der Waals surface area contributed by atoms with E-state index in [1.165, 1.54) is 27.6 Å². The van der Waals surface area contributed by atoms with E-state index < -0.39 is 0 Å². The van der Waals surface area contributed by atoms with Gasteiger partial charge in [0.25, 0.3) is 0 Å². The lowest BCUT2D eigenvalue weighted by molar-refractivity contribution is -0.686. The van der Waals surface area contributed by atoms with Crippen molar-refractivity contribution in [1.29, 1.82) is 0 Å². The summed E-state index contributed by atoms with van der Waals surface area (Å²) in [5.41, 5.74) is 4.00. The quantitative estimate of drug-likeness (QED) is 0.613. The lowest BCUT2D eigenvalue weighted by Gasteiger charge is -2.16. The van der Waals surface area contributed by atoms with Crippen LogP contribution in [0, 0.1) is 0 Å². The highest BCUT2D eigenvalue weighted by Crippen LogP contribution is 2.30. The van der Waals surface area contributed by atoms with E-state index in [-0.39, 0.29) is 0 Å². The summed E-state index contributed by atoms with van der Waals surface area (Å²) < 4.78 is 7.69. The second kappa shape index (κ2) is 4.34. The van der Waals surface area contributed by atoms with Crippen LogP contribution < -0.4 is 9.30 Å². The van der Waals surface area contributed by atoms with Gasteiger partial charge >= 0.3 is 0 Å². The first-order valence-electron chi connectivity index (χ1n) is 6.95. The molecule has 1 aromatic heterocycles. The standard InChI is InChI=1S/C18H16NO/c1-20-16-6-7-17-14(10-16)8-9-19-12-15-5-3-2-4-13(15)11-18(17)19/h2-7,10-12H,8-9H2,1H3/q+1. The maximum absolute atomic E-state index is 5.33. The first-order valence-corrected chi connectivity index (χ1v) is 6.95. The molecule has 2 nitrogen and oxygen atoms in total. The fourth-order valence-electron chi connectivity index (χ4n) is 3.04. The Kier molecular flexibility index (Phi) is 2.49. The van der Waals surface area contributed by atoms with Crippen LogP contribution in [0.4, 0.5) is 0 Å². The van der Waals surface area contributed by atoms with Crippen molar-refractivity contribution in [2.75, 3.05) is 7.11 Å². The Morgan fingerprint density at radius 2 is 1.85 bits per heavy atom. The van der Waals surface area contributed by atoms with E-state index in [1.54, 1.807) is 7.11 Å². The van der Waals surface area contributed by atoms with Crippen LogP contribution in [0.25, 0.3) is 22.0 Å². The molecular formula is C18H16NO+. The Hall–Kier alpha value is -2.35. The molecule has 4 rings (SSSR count). The first-order chi connectivity index (χ1) is 9.85. The maximum Gasteiger partial charge on any atom is 0.213 e. The third-order valence-electron chi connectivity index (χ3n) is 4.10. The number of benzene rings is 2. The van der Waals surface area contributed by atoms with E-state index in [0.717, 1.165) is 18.7 Å². The van der Waals surface area contributed by atoms with Gasteiger partial charge in [0.05, 0.1) is 7.11 Å². The summed E-state index contributed by atoms with van der Waals surface area (Å²) in [5.74, 6) is 0.943. The van der Waals surface area contributed by atoms with Gasteiger partial charge in [-0.25, -0.2) is 0 Å². The van der Waals surface area contributed by atoms with Crippen LogP contribution in [0.5, 0.6) is 5.75 Å². The fourth-order valence-corrected chi connectivity index (χ4v) is 3.04. The summed E-state index contributed by atoms with van der Waals surface area (Å²) in [6.45, 7) is 1.03. The Morgan fingerprint density at radius 1 is 1.00 bits per heavy atom. The third-order valence-corrected chi connectivity index (χ3v) is 4.10. The molecule has 0 spiro atoms. The van der Waals surface area contributed by atoms with Crippen LogP contribution in [-0.4, -0.2) is 7.11 Å².